The lowest BCUT2D eigenvalue weighted by Gasteiger charge is -2.15. The smallest absolute Gasteiger partial charge is 0.417 e. The molecule has 0 aromatic heterocycles. The summed E-state index contributed by atoms with van der Waals surface area (Å²) in [7, 11) is 0. The van der Waals surface area contributed by atoms with Crippen LogP contribution in [0.3, 0.4) is 0 Å². The summed E-state index contributed by atoms with van der Waals surface area (Å²) in [5.74, 6) is -2.57. The average molecular weight is 349 g/mol. The first kappa shape index (κ1) is 17.1. The number of aromatic carboxylic acids is 1. The topological polar surface area (TPSA) is 46.5 Å². The number of rotatable bonds is 3. The highest BCUT2D eigenvalue weighted by Gasteiger charge is 2.35. The largest absolute Gasteiger partial charge is 0.478 e. The molecular formula is C15H9ClF4O3. The summed E-state index contributed by atoms with van der Waals surface area (Å²) in [6.07, 6.45) is -4.77. The third kappa shape index (κ3) is 3.73. The van der Waals surface area contributed by atoms with Gasteiger partial charge in [0.2, 0.25) is 0 Å². The second kappa shape index (κ2) is 6.08. The van der Waals surface area contributed by atoms with E-state index in [1.165, 1.54) is 13.0 Å². The summed E-state index contributed by atoms with van der Waals surface area (Å²) in [5, 5.41) is 8.34. The average Bonchev–Trinajstić information content (AvgIpc) is 2.41. The molecule has 23 heavy (non-hydrogen) atoms. The summed E-state index contributed by atoms with van der Waals surface area (Å²) < 4.78 is 57.0. The van der Waals surface area contributed by atoms with Crippen LogP contribution in [0.1, 0.15) is 21.5 Å². The van der Waals surface area contributed by atoms with Crippen molar-refractivity contribution in [1.29, 1.82) is 0 Å². The van der Waals surface area contributed by atoms with Crippen molar-refractivity contribution in [3.8, 4) is 11.5 Å². The second-order valence-electron chi connectivity index (χ2n) is 4.64. The molecule has 0 atom stereocenters. The lowest BCUT2D eigenvalue weighted by Crippen LogP contribution is -2.09. The summed E-state index contributed by atoms with van der Waals surface area (Å²) in [4.78, 5) is 11.2. The molecule has 0 bridgehead atoms. The predicted molar refractivity (Wildman–Crippen MR) is 74.6 cm³/mol. The molecule has 0 heterocycles. The zero-order valence-corrected chi connectivity index (χ0v) is 12.3. The van der Waals surface area contributed by atoms with Crippen molar-refractivity contribution in [1.82, 2.24) is 0 Å². The van der Waals surface area contributed by atoms with E-state index in [-0.39, 0.29) is 5.75 Å². The van der Waals surface area contributed by atoms with Crippen molar-refractivity contribution in [2.24, 2.45) is 0 Å². The molecule has 2 rings (SSSR count). The molecule has 8 heteroatoms. The molecule has 2 aromatic rings. The van der Waals surface area contributed by atoms with Crippen LogP contribution in [0.5, 0.6) is 11.5 Å². The summed E-state index contributed by atoms with van der Waals surface area (Å²) >= 11 is 5.50. The minimum atomic E-state index is -4.77. The Hall–Kier alpha value is -2.28. The quantitative estimate of drug-likeness (QED) is 0.766. The molecule has 0 aliphatic carbocycles. The van der Waals surface area contributed by atoms with Crippen LogP contribution >= 0.6 is 11.6 Å². The molecule has 0 spiro atoms. The molecule has 0 aliphatic rings. The monoisotopic (exact) mass is 348 g/mol. The summed E-state index contributed by atoms with van der Waals surface area (Å²) in [5.41, 5.74) is -1.46. The van der Waals surface area contributed by atoms with Crippen LogP contribution in [0.15, 0.2) is 30.3 Å². The van der Waals surface area contributed by atoms with Gasteiger partial charge in [-0.15, -0.1) is 0 Å². The van der Waals surface area contributed by atoms with Gasteiger partial charge in [0.1, 0.15) is 22.9 Å². The lowest BCUT2D eigenvalue weighted by atomic mass is 10.1. The summed E-state index contributed by atoms with van der Waals surface area (Å²) in [6.45, 7) is 1.47. The Morgan fingerprint density at radius 3 is 2.35 bits per heavy atom. The predicted octanol–water partition coefficient (Wildman–Crippen LogP) is 5.30. The number of benzene rings is 2. The first-order valence-corrected chi connectivity index (χ1v) is 6.55. The Labute approximate surface area is 133 Å². The molecule has 3 nitrogen and oxygen atoms in total. The van der Waals surface area contributed by atoms with Gasteiger partial charge < -0.3 is 9.84 Å². The molecule has 0 radical (unpaired) electrons. The third-order valence-corrected chi connectivity index (χ3v) is 3.27. The second-order valence-corrected chi connectivity index (χ2v) is 5.05. The van der Waals surface area contributed by atoms with Crippen molar-refractivity contribution in [3.63, 3.8) is 0 Å². The van der Waals surface area contributed by atoms with Gasteiger partial charge in [0.25, 0.3) is 0 Å². The van der Waals surface area contributed by atoms with E-state index in [9.17, 15) is 22.4 Å². The van der Waals surface area contributed by atoms with E-state index in [4.69, 9.17) is 21.4 Å². The molecule has 0 aliphatic heterocycles. The van der Waals surface area contributed by atoms with Crippen LogP contribution < -0.4 is 4.74 Å². The van der Waals surface area contributed by atoms with Gasteiger partial charge in [-0.1, -0.05) is 11.6 Å². The molecule has 0 saturated carbocycles. The SMILES string of the molecule is Cc1cc(F)ccc1Oc1cc(C(F)(F)F)c(Cl)cc1C(=O)O. The first-order valence-electron chi connectivity index (χ1n) is 6.17. The number of alkyl halides is 3. The zero-order chi connectivity index (χ0) is 17.4. The van der Waals surface area contributed by atoms with Crippen molar-refractivity contribution in [3.05, 3.63) is 57.9 Å². The zero-order valence-electron chi connectivity index (χ0n) is 11.5. The van der Waals surface area contributed by atoms with Crippen LogP contribution in [0.2, 0.25) is 5.02 Å². The number of ether oxygens (including phenoxy) is 1. The Morgan fingerprint density at radius 2 is 1.83 bits per heavy atom. The maximum atomic E-state index is 13.1. The maximum absolute atomic E-state index is 13.1. The Morgan fingerprint density at radius 1 is 1.17 bits per heavy atom. The van der Waals surface area contributed by atoms with Gasteiger partial charge in [-0.25, -0.2) is 9.18 Å². The van der Waals surface area contributed by atoms with Gasteiger partial charge in [-0.05, 0) is 42.8 Å². The van der Waals surface area contributed by atoms with E-state index in [1.807, 2.05) is 0 Å². The van der Waals surface area contributed by atoms with E-state index in [2.05, 4.69) is 0 Å². The van der Waals surface area contributed by atoms with E-state index >= 15 is 0 Å². The number of carboxylic acid groups (broad SMARTS) is 1. The number of carboxylic acids is 1. The molecule has 0 amide bonds. The molecule has 1 N–H and O–H groups in total. The number of hydrogen-bond acceptors (Lipinski definition) is 2. The molecule has 0 fully saturated rings. The van der Waals surface area contributed by atoms with Crippen LogP contribution in [0, 0.1) is 12.7 Å². The van der Waals surface area contributed by atoms with Crippen molar-refractivity contribution < 1.29 is 32.2 Å². The number of carbonyl (C=O) groups is 1. The fourth-order valence-electron chi connectivity index (χ4n) is 1.87. The Bertz CT molecular complexity index is 772. The highest BCUT2D eigenvalue weighted by molar-refractivity contribution is 6.31. The van der Waals surface area contributed by atoms with Crippen LogP contribution in [-0.4, -0.2) is 11.1 Å². The molecule has 0 saturated heterocycles. The van der Waals surface area contributed by atoms with E-state index < -0.39 is 39.9 Å². The summed E-state index contributed by atoms with van der Waals surface area (Å²) in [6, 6.07) is 4.52. The van der Waals surface area contributed by atoms with Crippen molar-refractivity contribution in [2.45, 2.75) is 13.1 Å². The molecular weight excluding hydrogens is 340 g/mol. The van der Waals surface area contributed by atoms with Crippen molar-refractivity contribution >= 4 is 17.6 Å². The first-order chi connectivity index (χ1) is 10.6. The van der Waals surface area contributed by atoms with Gasteiger partial charge >= 0.3 is 12.1 Å². The molecule has 122 valence electrons. The van der Waals surface area contributed by atoms with Gasteiger partial charge in [-0.2, -0.15) is 13.2 Å². The number of aryl methyl sites for hydroxylation is 1. The number of hydrogen-bond donors (Lipinski definition) is 1. The van der Waals surface area contributed by atoms with E-state index in [0.29, 0.717) is 17.7 Å². The van der Waals surface area contributed by atoms with Crippen LogP contribution in [0.4, 0.5) is 17.6 Å². The minimum Gasteiger partial charge on any atom is -0.478 e. The lowest BCUT2D eigenvalue weighted by molar-refractivity contribution is -0.137. The standard InChI is InChI=1S/C15H9ClF4O3/c1-7-4-8(17)2-3-12(7)23-13-6-10(15(18,19)20)11(16)5-9(13)14(21)22/h2-6H,1H3,(H,21,22). The Kier molecular flexibility index (Phi) is 4.51. The fraction of sp³-hybridized carbons (Fsp3) is 0.133. The highest BCUT2D eigenvalue weighted by Crippen LogP contribution is 2.40. The van der Waals surface area contributed by atoms with Crippen molar-refractivity contribution in [2.75, 3.05) is 0 Å². The van der Waals surface area contributed by atoms with E-state index in [1.54, 1.807) is 0 Å². The highest BCUT2D eigenvalue weighted by atomic mass is 35.5. The molecule has 2 aromatic carbocycles. The van der Waals surface area contributed by atoms with Gasteiger partial charge in [-0.3, -0.25) is 0 Å². The molecule has 0 unspecified atom stereocenters. The van der Waals surface area contributed by atoms with Gasteiger partial charge in [0, 0.05) is 0 Å². The third-order valence-electron chi connectivity index (χ3n) is 2.96. The van der Waals surface area contributed by atoms with Gasteiger partial charge in [0.15, 0.2) is 0 Å². The normalized spacial score (nSPS) is 11.4. The fourth-order valence-corrected chi connectivity index (χ4v) is 2.14. The van der Waals surface area contributed by atoms with Gasteiger partial charge in [0.05, 0.1) is 10.6 Å². The minimum absolute atomic E-state index is 0.0318. The van der Waals surface area contributed by atoms with Crippen LogP contribution in [-0.2, 0) is 6.18 Å². The Balaban J connectivity index is 2.57. The van der Waals surface area contributed by atoms with E-state index in [0.717, 1.165) is 12.1 Å². The van der Waals surface area contributed by atoms with Crippen LogP contribution in [0.25, 0.3) is 0 Å². The maximum Gasteiger partial charge on any atom is 0.417 e. The number of halogens is 5.